The lowest BCUT2D eigenvalue weighted by Crippen LogP contribution is -2.51. The Bertz CT molecular complexity index is 2290. The van der Waals surface area contributed by atoms with Gasteiger partial charge in [-0.05, 0) is 99.4 Å². The second kappa shape index (κ2) is 10.2. The Labute approximate surface area is 274 Å². The molecule has 0 amide bonds. The lowest BCUT2D eigenvalue weighted by atomic mass is 9.74. The highest BCUT2D eigenvalue weighted by molar-refractivity contribution is 7.14. The quantitative estimate of drug-likeness (QED) is 0.202. The number of hydrogen-bond donors (Lipinski definition) is 0. The molecule has 2 aliphatic carbocycles. The van der Waals surface area contributed by atoms with Crippen molar-refractivity contribution in [2.75, 3.05) is 4.90 Å². The third-order valence-corrected chi connectivity index (χ3v) is 11.6. The number of anilines is 1. The van der Waals surface area contributed by atoms with Crippen molar-refractivity contribution >= 4 is 51.0 Å². The smallest absolute Gasteiger partial charge is 0.0991 e. The first-order valence-electron chi connectivity index (χ1n) is 15.9. The molecular formula is C41H34N4S. The molecule has 3 aliphatic rings. The van der Waals surface area contributed by atoms with Crippen LogP contribution in [0.25, 0.3) is 34.0 Å². The molecule has 2 aromatic heterocycles. The molecule has 4 nitrogen and oxygen atoms in total. The second-order valence-electron chi connectivity index (χ2n) is 13.5. The van der Waals surface area contributed by atoms with Crippen LogP contribution in [0.5, 0.6) is 0 Å². The Morgan fingerprint density at radius 3 is 2.54 bits per heavy atom. The largest absolute Gasteiger partial charge is 0.355 e. The minimum Gasteiger partial charge on any atom is -0.355 e. The number of allylic oxidation sites excluding steroid dienone is 3. The van der Waals surface area contributed by atoms with Crippen LogP contribution in [-0.2, 0) is 11.8 Å². The maximum atomic E-state index is 9.68. The van der Waals surface area contributed by atoms with E-state index in [0.29, 0.717) is 5.56 Å². The summed E-state index contributed by atoms with van der Waals surface area (Å²) in [5.74, 6) is 0. The van der Waals surface area contributed by atoms with E-state index in [1.165, 1.54) is 48.6 Å². The zero-order chi connectivity index (χ0) is 31.8. The van der Waals surface area contributed by atoms with Gasteiger partial charge in [0.25, 0.3) is 0 Å². The van der Waals surface area contributed by atoms with Gasteiger partial charge in [0.2, 0.25) is 0 Å². The van der Waals surface area contributed by atoms with Crippen LogP contribution in [-0.4, -0.2) is 16.1 Å². The number of nitrogens with zero attached hydrogens (tertiary/aromatic N) is 4. The fraction of sp³-hybridized carbons (Fsp3) is 0.220. The number of nitriles is 2. The third-order valence-electron chi connectivity index (χ3n) is 10.3. The molecule has 3 atom stereocenters. The van der Waals surface area contributed by atoms with Gasteiger partial charge in [0.05, 0.1) is 35.3 Å². The van der Waals surface area contributed by atoms with Gasteiger partial charge in [0.1, 0.15) is 0 Å². The van der Waals surface area contributed by atoms with E-state index in [1.54, 1.807) is 0 Å². The zero-order valence-corrected chi connectivity index (χ0v) is 27.3. The van der Waals surface area contributed by atoms with Crippen LogP contribution in [0.1, 0.15) is 58.8 Å². The van der Waals surface area contributed by atoms with Gasteiger partial charge in [-0.25, -0.2) is 0 Å². The second-order valence-corrected chi connectivity index (χ2v) is 14.6. The molecule has 5 aromatic rings. The minimum atomic E-state index is -0.276. The van der Waals surface area contributed by atoms with Crippen molar-refractivity contribution in [3.63, 3.8) is 0 Å². The number of aromatic nitrogens is 1. The first-order chi connectivity index (χ1) is 22.2. The van der Waals surface area contributed by atoms with Gasteiger partial charge in [-0.2, -0.15) is 10.5 Å². The van der Waals surface area contributed by atoms with Gasteiger partial charge in [-0.1, -0.05) is 60.7 Å². The summed E-state index contributed by atoms with van der Waals surface area (Å²) in [5.41, 5.74) is 8.50. The van der Waals surface area contributed by atoms with Crippen LogP contribution < -0.4 is 4.90 Å². The van der Waals surface area contributed by atoms with Crippen molar-refractivity contribution in [2.45, 2.75) is 57.2 Å². The molecule has 0 fully saturated rings. The topological polar surface area (TPSA) is 55.8 Å². The predicted molar refractivity (Wildman–Crippen MR) is 191 cm³/mol. The van der Waals surface area contributed by atoms with Gasteiger partial charge in [-0.15, -0.1) is 11.3 Å². The van der Waals surface area contributed by atoms with E-state index in [2.05, 4.69) is 140 Å². The molecule has 0 radical (unpaired) electrons. The molecule has 3 heterocycles. The standard InChI is InChI=1S/C41H34N4S/c1-26-31-22-29(44-34-11-7-5-9-30(34)32-21-27(24-42)13-16-35(32)44)15-17-38(31)46-37(26)19-20-40(2,3)45-36-12-8-6-10-33(36)41(4)23-28(25-43)14-18-39(41)45/h5-21,23,29,39H,22H2,1-4H3/b20-19-. The average molecular weight is 615 g/mol. The number of para-hydroxylation sites is 2. The van der Waals surface area contributed by atoms with E-state index in [-0.39, 0.29) is 23.0 Å². The van der Waals surface area contributed by atoms with E-state index >= 15 is 0 Å². The SMILES string of the molecule is Cc1c(/C=C\C(C)(C)N2c3ccccc3C3(C)C=C(C#N)C=CC23)sc2c1CC(n1c3ccccc3c3cc(C#N)ccc31)C=C2. The van der Waals surface area contributed by atoms with Gasteiger partial charge in [0, 0.05) is 48.2 Å². The van der Waals surface area contributed by atoms with Gasteiger partial charge in [0.15, 0.2) is 0 Å². The molecule has 5 heteroatoms. The zero-order valence-electron chi connectivity index (χ0n) is 26.5. The maximum Gasteiger partial charge on any atom is 0.0991 e. The third kappa shape index (κ3) is 4.09. The first-order valence-corrected chi connectivity index (χ1v) is 16.7. The molecule has 224 valence electrons. The molecule has 0 spiro atoms. The Morgan fingerprint density at radius 2 is 1.72 bits per heavy atom. The molecule has 0 N–H and O–H groups in total. The number of thiophene rings is 1. The minimum absolute atomic E-state index is 0.124. The molecule has 3 unspecified atom stereocenters. The highest BCUT2D eigenvalue weighted by Gasteiger charge is 2.50. The highest BCUT2D eigenvalue weighted by Crippen LogP contribution is 2.52. The van der Waals surface area contributed by atoms with Gasteiger partial charge < -0.3 is 9.47 Å². The van der Waals surface area contributed by atoms with Crippen molar-refractivity contribution in [2.24, 2.45) is 0 Å². The predicted octanol–water partition coefficient (Wildman–Crippen LogP) is 9.80. The van der Waals surface area contributed by atoms with E-state index in [0.717, 1.165) is 17.4 Å². The number of rotatable bonds is 4. The Kier molecular flexibility index (Phi) is 6.30. The molecule has 0 bridgehead atoms. The van der Waals surface area contributed by atoms with Crippen LogP contribution in [0.2, 0.25) is 0 Å². The summed E-state index contributed by atoms with van der Waals surface area (Å²) in [4.78, 5) is 5.16. The Balaban J connectivity index is 1.13. The molecule has 0 saturated carbocycles. The van der Waals surface area contributed by atoms with Gasteiger partial charge >= 0.3 is 0 Å². The molecular weight excluding hydrogens is 581 g/mol. The lowest BCUT2D eigenvalue weighted by molar-refractivity contribution is 0.453. The van der Waals surface area contributed by atoms with Crippen LogP contribution in [0, 0.1) is 29.6 Å². The summed E-state index contributed by atoms with van der Waals surface area (Å²) in [6.45, 7) is 9.12. The van der Waals surface area contributed by atoms with Crippen LogP contribution >= 0.6 is 11.3 Å². The monoisotopic (exact) mass is 614 g/mol. The van der Waals surface area contributed by atoms with Crippen molar-refractivity contribution in [3.8, 4) is 12.1 Å². The summed E-state index contributed by atoms with van der Waals surface area (Å²) in [5, 5.41) is 21.6. The van der Waals surface area contributed by atoms with Crippen molar-refractivity contribution in [3.05, 3.63) is 135 Å². The van der Waals surface area contributed by atoms with E-state index in [9.17, 15) is 10.5 Å². The highest BCUT2D eigenvalue weighted by atomic mass is 32.1. The number of fused-ring (bicyclic) bond motifs is 7. The van der Waals surface area contributed by atoms with Crippen molar-refractivity contribution in [1.29, 1.82) is 10.5 Å². The summed E-state index contributed by atoms with van der Waals surface area (Å²) in [7, 11) is 0. The fourth-order valence-electron chi connectivity index (χ4n) is 8.05. The fourth-order valence-corrected chi connectivity index (χ4v) is 9.21. The molecule has 46 heavy (non-hydrogen) atoms. The van der Waals surface area contributed by atoms with Crippen LogP contribution in [0.15, 0.2) is 103 Å². The van der Waals surface area contributed by atoms with Crippen molar-refractivity contribution in [1.82, 2.24) is 4.57 Å². The number of hydrogen-bond acceptors (Lipinski definition) is 4. The van der Waals surface area contributed by atoms with E-state index < -0.39 is 0 Å². The van der Waals surface area contributed by atoms with Gasteiger partial charge in [-0.3, -0.25) is 0 Å². The molecule has 1 aliphatic heterocycles. The van der Waals surface area contributed by atoms with E-state index in [4.69, 9.17) is 0 Å². The van der Waals surface area contributed by atoms with Crippen molar-refractivity contribution < 1.29 is 0 Å². The summed E-state index contributed by atoms with van der Waals surface area (Å²) in [6, 6.07) is 28.2. The first kappa shape index (κ1) is 28.4. The molecule has 3 aromatic carbocycles. The Hall–Kier alpha value is -5.10. The maximum absolute atomic E-state index is 9.68. The summed E-state index contributed by atoms with van der Waals surface area (Å²) in [6.07, 6.45) is 16.6. The molecule has 0 saturated heterocycles. The average Bonchev–Trinajstić information content (AvgIpc) is 3.67. The summed E-state index contributed by atoms with van der Waals surface area (Å²) < 4.78 is 2.45. The number of benzene rings is 3. The molecule has 8 rings (SSSR count). The lowest BCUT2D eigenvalue weighted by Gasteiger charge is -2.43. The van der Waals surface area contributed by atoms with Crippen LogP contribution in [0.4, 0.5) is 5.69 Å². The van der Waals surface area contributed by atoms with Crippen LogP contribution in [0.3, 0.4) is 0 Å². The summed E-state index contributed by atoms with van der Waals surface area (Å²) >= 11 is 1.87. The normalized spacial score (nSPS) is 21.7. The van der Waals surface area contributed by atoms with E-state index in [1.807, 2.05) is 29.5 Å². The Morgan fingerprint density at radius 1 is 0.935 bits per heavy atom.